The van der Waals surface area contributed by atoms with E-state index in [0.717, 1.165) is 59.4 Å². The number of aromatic amines is 1. The minimum Gasteiger partial charge on any atom is -0.497 e. The number of fused-ring (bicyclic) bond motifs is 1. The highest BCUT2D eigenvalue weighted by Crippen LogP contribution is 2.33. The van der Waals surface area contributed by atoms with Crippen molar-refractivity contribution in [2.75, 3.05) is 55.2 Å². The van der Waals surface area contributed by atoms with Crippen LogP contribution < -0.4 is 25.8 Å². The van der Waals surface area contributed by atoms with Gasteiger partial charge in [-0.3, -0.25) is 4.79 Å². The maximum absolute atomic E-state index is 12.7. The molecule has 0 aliphatic carbocycles. The van der Waals surface area contributed by atoms with Gasteiger partial charge in [0.15, 0.2) is 0 Å². The van der Waals surface area contributed by atoms with E-state index in [1.54, 1.807) is 25.1 Å². The van der Waals surface area contributed by atoms with Crippen molar-refractivity contribution in [2.45, 2.75) is 4.90 Å². The molecule has 0 unspecified atom stereocenters. The van der Waals surface area contributed by atoms with Crippen molar-refractivity contribution in [1.29, 1.82) is 0 Å². The van der Waals surface area contributed by atoms with E-state index in [2.05, 4.69) is 32.7 Å². The predicted molar refractivity (Wildman–Crippen MR) is 143 cm³/mol. The van der Waals surface area contributed by atoms with E-state index in [1.165, 1.54) is 0 Å². The number of hydrogen-bond acceptors (Lipinski definition) is 8. The molecule has 3 heterocycles. The lowest BCUT2D eigenvalue weighted by Crippen LogP contribution is -2.36. The van der Waals surface area contributed by atoms with Crippen LogP contribution in [0.2, 0.25) is 0 Å². The molecule has 0 radical (unpaired) electrons. The number of anilines is 5. The molecule has 0 bridgehead atoms. The second kappa shape index (κ2) is 10.3. The van der Waals surface area contributed by atoms with Gasteiger partial charge in [0.25, 0.3) is 5.56 Å². The number of rotatable bonds is 7. The maximum atomic E-state index is 12.7. The van der Waals surface area contributed by atoms with Crippen LogP contribution in [0.4, 0.5) is 28.7 Å². The minimum absolute atomic E-state index is 0.194. The number of nitrogens with one attached hydrogen (secondary N) is 3. The Morgan fingerprint density at radius 3 is 2.60 bits per heavy atom. The van der Waals surface area contributed by atoms with Gasteiger partial charge in [-0.25, -0.2) is 4.98 Å². The standard InChI is InChI=1S/C26H27N5O3S/c1-33-20-7-8-22(35-2)21(16-20)29-23-15-17-9-10-27-26(32)24(17)25(30-23)28-18-3-5-19(6-4-18)31-11-13-34-14-12-31/h3-10,15-16H,11-14H2,1-2H3,(H,27,32)(H2,28,29,30). The van der Waals surface area contributed by atoms with Gasteiger partial charge in [0.2, 0.25) is 0 Å². The van der Waals surface area contributed by atoms with Crippen LogP contribution >= 0.6 is 11.8 Å². The van der Waals surface area contributed by atoms with Crippen molar-refractivity contribution in [1.82, 2.24) is 9.97 Å². The van der Waals surface area contributed by atoms with E-state index in [0.29, 0.717) is 17.0 Å². The Bertz CT molecular complexity index is 1380. The fourth-order valence-corrected chi connectivity index (χ4v) is 4.67. The Kier molecular flexibility index (Phi) is 6.78. The molecule has 2 aromatic heterocycles. The van der Waals surface area contributed by atoms with Gasteiger partial charge in [-0.1, -0.05) is 0 Å². The largest absolute Gasteiger partial charge is 0.497 e. The smallest absolute Gasteiger partial charge is 0.259 e. The summed E-state index contributed by atoms with van der Waals surface area (Å²) in [6.07, 6.45) is 3.67. The molecule has 0 atom stereocenters. The average molecular weight is 490 g/mol. The molecule has 1 aliphatic heterocycles. The Morgan fingerprint density at radius 2 is 1.86 bits per heavy atom. The van der Waals surface area contributed by atoms with Crippen LogP contribution in [0.15, 0.2) is 70.5 Å². The van der Waals surface area contributed by atoms with Crippen molar-refractivity contribution >= 4 is 51.2 Å². The third-order valence-electron chi connectivity index (χ3n) is 5.93. The molecule has 0 saturated carbocycles. The van der Waals surface area contributed by atoms with Gasteiger partial charge in [-0.05, 0) is 60.2 Å². The Hall–Kier alpha value is -3.69. The molecule has 9 heteroatoms. The SMILES string of the molecule is COc1ccc(SC)c(Nc2cc3cc[nH]c(=O)c3c(Nc3ccc(N4CCOCC4)cc3)n2)c1. The summed E-state index contributed by atoms with van der Waals surface area (Å²) < 4.78 is 10.8. The molecular weight excluding hydrogens is 462 g/mol. The maximum Gasteiger partial charge on any atom is 0.259 e. The molecule has 2 aromatic carbocycles. The van der Waals surface area contributed by atoms with Crippen LogP contribution in [0.5, 0.6) is 5.75 Å². The zero-order valence-corrected chi connectivity index (χ0v) is 20.4. The van der Waals surface area contributed by atoms with Gasteiger partial charge < -0.3 is 30.0 Å². The van der Waals surface area contributed by atoms with Gasteiger partial charge in [-0.2, -0.15) is 0 Å². The molecule has 1 fully saturated rings. The fourth-order valence-electron chi connectivity index (χ4n) is 4.13. The third kappa shape index (κ3) is 5.06. The Morgan fingerprint density at radius 1 is 1.06 bits per heavy atom. The van der Waals surface area contributed by atoms with Crippen LogP contribution in [0, 0.1) is 0 Å². The van der Waals surface area contributed by atoms with E-state index in [9.17, 15) is 4.79 Å². The molecule has 0 amide bonds. The van der Waals surface area contributed by atoms with Gasteiger partial charge in [-0.15, -0.1) is 11.8 Å². The third-order valence-corrected chi connectivity index (χ3v) is 6.73. The summed E-state index contributed by atoms with van der Waals surface area (Å²) in [5.74, 6) is 1.86. The predicted octanol–water partition coefficient (Wildman–Crippen LogP) is 4.98. The topological polar surface area (TPSA) is 91.5 Å². The number of hydrogen-bond donors (Lipinski definition) is 3. The molecule has 180 valence electrons. The molecule has 35 heavy (non-hydrogen) atoms. The van der Waals surface area contributed by atoms with E-state index in [4.69, 9.17) is 14.5 Å². The summed E-state index contributed by atoms with van der Waals surface area (Å²) in [4.78, 5) is 23.6. The summed E-state index contributed by atoms with van der Waals surface area (Å²) >= 11 is 1.63. The van der Waals surface area contributed by atoms with Gasteiger partial charge >= 0.3 is 0 Å². The lowest BCUT2D eigenvalue weighted by atomic mass is 10.2. The monoisotopic (exact) mass is 489 g/mol. The molecule has 5 rings (SSSR count). The first-order valence-corrected chi connectivity index (χ1v) is 12.6. The number of nitrogens with zero attached hydrogens (tertiary/aromatic N) is 2. The second-order valence-electron chi connectivity index (χ2n) is 8.09. The second-order valence-corrected chi connectivity index (χ2v) is 8.94. The molecule has 0 spiro atoms. The first-order chi connectivity index (χ1) is 17.1. The molecular formula is C26H27N5O3S. The number of thioether (sulfide) groups is 1. The number of ether oxygens (including phenoxy) is 2. The van der Waals surface area contributed by atoms with Crippen LogP contribution in [0.1, 0.15) is 0 Å². The normalized spacial score (nSPS) is 13.6. The lowest BCUT2D eigenvalue weighted by molar-refractivity contribution is 0.122. The van der Waals surface area contributed by atoms with Crippen molar-refractivity contribution in [2.24, 2.45) is 0 Å². The quantitative estimate of drug-likeness (QED) is 0.313. The van der Waals surface area contributed by atoms with Gasteiger partial charge in [0.1, 0.15) is 17.4 Å². The molecule has 1 aliphatic rings. The highest BCUT2D eigenvalue weighted by Gasteiger charge is 2.14. The zero-order valence-electron chi connectivity index (χ0n) is 19.6. The summed E-state index contributed by atoms with van der Waals surface area (Å²) in [5.41, 5.74) is 2.68. The Labute approximate surface area is 207 Å². The summed E-state index contributed by atoms with van der Waals surface area (Å²) in [6, 6.07) is 17.8. The lowest BCUT2D eigenvalue weighted by Gasteiger charge is -2.28. The highest BCUT2D eigenvalue weighted by molar-refractivity contribution is 7.98. The van der Waals surface area contributed by atoms with E-state index in [1.807, 2.05) is 48.7 Å². The van der Waals surface area contributed by atoms with E-state index >= 15 is 0 Å². The van der Waals surface area contributed by atoms with Crippen LogP contribution in [0.25, 0.3) is 10.8 Å². The summed E-state index contributed by atoms with van der Waals surface area (Å²) in [5, 5.41) is 8.05. The summed E-state index contributed by atoms with van der Waals surface area (Å²) in [6.45, 7) is 3.24. The molecule has 8 nitrogen and oxygen atoms in total. The number of H-pyrrole nitrogens is 1. The zero-order chi connectivity index (χ0) is 24.2. The minimum atomic E-state index is -0.194. The molecule has 1 saturated heterocycles. The fraction of sp³-hybridized carbons (Fsp3) is 0.231. The van der Waals surface area contributed by atoms with Crippen LogP contribution in [0.3, 0.4) is 0 Å². The number of morpholine rings is 1. The number of aromatic nitrogens is 2. The average Bonchev–Trinajstić information content (AvgIpc) is 2.89. The highest BCUT2D eigenvalue weighted by atomic mass is 32.2. The first kappa shape index (κ1) is 23.1. The number of pyridine rings is 2. The van der Waals surface area contributed by atoms with Crippen LogP contribution in [-0.4, -0.2) is 49.6 Å². The van der Waals surface area contributed by atoms with Crippen molar-refractivity contribution in [3.05, 3.63) is 71.1 Å². The first-order valence-electron chi connectivity index (χ1n) is 11.4. The van der Waals surface area contributed by atoms with E-state index < -0.39 is 0 Å². The van der Waals surface area contributed by atoms with Crippen molar-refractivity contribution in [3.63, 3.8) is 0 Å². The van der Waals surface area contributed by atoms with Crippen LogP contribution in [-0.2, 0) is 4.74 Å². The Balaban J connectivity index is 1.49. The summed E-state index contributed by atoms with van der Waals surface area (Å²) in [7, 11) is 1.64. The molecule has 3 N–H and O–H groups in total. The number of methoxy groups -OCH3 is 1. The molecule has 4 aromatic rings. The van der Waals surface area contributed by atoms with E-state index in [-0.39, 0.29) is 5.56 Å². The van der Waals surface area contributed by atoms with Crippen molar-refractivity contribution in [3.8, 4) is 5.75 Å². The van der Waals surface area contributed by atoms with Gasteiger partial charge in [0, 0.05) is 41.6 Å². The van der Waals surface area contributed by atoms with Crippen molar-refractivity contribution < 1.29 is 9.47 Å². The number of benzene rings is 2. The van der Waals surface area contributed by atoms with Gasteiger partial charge in [0.05, 0.1) is 31.4 Å².